The van der Waals surface area contributed by atoms with E-state index in [-0.39, 0.29) is 0 Å². The van der Waals surface area contributed by atoms with Crippen LogP contribution in [0, 0.1) is 6.92 Å². The number of hydrogen-bond acceptors (Lipinski definition) is 3. The van der Waals surface area contributed by atoms with Gasteiger partial charge in [-0.25, -0.2) is 0 Å². The number of aromatic nitrogens is 2. The number of aromatic hydroxyl groups is 1. The molecule has 1 N–H and O–H groups in total. The van der Waals surface area contributed by atoms with Gasteiger partial charge in [-0.2, -0.15) is 0 Å². The van der Waals surface area contributed by atoms with Crippen LogP contribution >= 0.6 is 0 Å². The first-order chi connectivity index (χ1) is 11.6. The Balaban J connectivity index is 1.83. The van der Waals surface area contributed by atoms with Crippen LogP contribution in [-0.4, -0.2) is 38.7 Å². The Labute approximate surface area is 142 Å². The second-order valence-corrected chi connectivity index (χ2v) is 7.05. The van der Waals surface area contributed by atoms with Crippen LogP contribution < -0.4 is 0 Å². The fraction of sp³-hybridized carbons (Fsp3) is 0.450. The highest BCUT2D eigenvalue weighted by atomic mass is 16.3. The van der Waals surface area contributed by atoms with Crippen molar-refractivity contribution in [1.82, 2.24) is 14.5 Å². The zero-order chi connectivity index (χ0) is 16.7. The van der Waals surface area contributed by atoms with Crippen molar-refractivity contribution in [1.29, 1.82) is 0 Å². The topological polar surface area (TPSA) is 41.3 Å². The van der Waals surface area contributed by atoms with Gasteiger partial charge in [0, 0.05) is 35.6 Å². The quantitative estimate of drug-likeness (QED) is 0.789. The van der Waals surface area contributed by atoms with Gasteiger partial charge in [0.25, 0.3) is 0 Å². The van der Waals surface area contributed by atoms with E-state index in [1.807, 2.05) is 18.3 Å². The van der Waals surface area contributed by atoms with Gasteiger partial charge in [-0.05, 0) is 58.0 Å². The van der Waals surface area contributed by atoms with Gasteiger partial charge in [-0.1, -0.05) is 6.42 Å². The van der Waals surface area contributed by atoms with Crippen molar-refractivity contribution in [3.63, 3.8) is 0 Å². The van der Waals surface area contributed by atoms with E-state index in [0.717, 1.165) is 17.8 Å². The highest BCUT2D eigenvalue weighted by molar-refractivity contribution is 6.09. The summed E-state index contributed by atoms with van der Waals surface area (Å²) >= 11 is 0. The molecule has 1 unspecified atom stereocenters. The van der Waals surface area contributed by atoms with Gasteiger partial charge >= 0.3 is 0 Å². The Kier molecular flexibility index (Phi) is 3.93. The minimum Gasteiger partial charge on any atom is -0.508 e. The van der Waals surface area contributed by atoms with Crippen LogP contribution in [0.1, 0.15) is 31.9 Å². The second kappa shape index (κ2) is 6.10. The van der Waals surface area contributed by atoms with E-state index >= 15 is 0 Å². The Bertz CT molecular complexity index is 877. The second-order valence-electron chi connectivity index (χ2n) is 7.05. The number of fused-ring (bicyclic) bond motifs is 3. The number of rotatable bonds is 3. The van der Waals surface area contributed by atoms with E-state index in [0.29, 0.717) is 11.8 Å². The third kappa shape index (κ3) is 2.55. The molecule has 3 aromatic rings. The smallest absolute Gasteiger partial charge is 0.117 e. The lowest BCUT2D eigenvalue weighted by Gasteiger charge is -2.33. The van der Waals surface area contributed by atoms with Gasteiger partial charge in [-0.15, -0.1) is 0 Å². The average Bonchev–Trinajstić information content (AvgIpc) is 2.90. The molecule has 126 valence electrons. The van der Waals surface area contributed by atoms with Crippen LogP contribution in [0.3, 0.4) is 0 Å². The molecule has 1 aliphatic heterocycles. The molecule has 0 spiro atoms. The van der Waals surface area contributed by atoms with Gasteiger partial charge in [0.05, 0.1) is 16.7 Å². The van der Waals surface area contributed by atoms with Crippen molar-refractivity contribution in [3.05, 3.63) is 36.2 Å². The summed E-state index contributed by atoms with van der Waals surface area (Å²) in [5.41, 5.74) is 3.35. The standard InChI is InChI=1S/C20H25N3O/c1-14(22-10-4-3-5-11-22)13-23-19-12-16(24)6-7-17(19)18-8-9-21-15(2)20(18)23/h6-9,12,14,24H,3-5,10-11,13H2,1-2H3. The zero-order valence-corrected chi connectivity index (χ0v) is 14.5. The van der Waals surface area contributed by atoms with Crippen molar-refractivity contribution < 1.29 is 5.11 Å². The number of phenols is 1. The average molecular weight is 323 g/mol. The molecule has 2 aromatic heterocycles. The molecule has 4 heteroatoms. The molecule has 1 aliphatic rings. The molecule has 0 radical (unpaired) electrons. The summed E-state index contributed by atoms with van der Waals surface area (Å²) in [5.74, 6) is 0.322. The van der Waals surface area contributed by atoms with Gasteiger partial charge in [0.15, 0.2) is 0 Å². The number of aryl methyl sites for hydroxylation is 1. The molecule has 1 aromatic carbocycles. The van der Waals surface area contributed by atoms with Crippen LogP contribution in [0.2, 0.25) is 0 Å². The first-order valence-electron chi connectivity index (χ1n) is 8.96. The highest BCUT2D eigenvalue weighted by Crippen LogP contribution is 2.33. The van der Waals surface area contributed by atoms with E-state index < -0.39 is 0 Å². The monoisotopic (exact) mass is 323 g/mol. The summed E-state index contributed by atoms with van der Waals surface area (Å²) in [6.07, 6.45) is 5.84. The number of phenolic OH excluding ortho intramolecular Hbond substituents is 1. The largest absolute Gasteiger partial charge is 0.508 e. The summed E-state index contributed by atoms with van der Waals surface area (Å²) in [4.78, 5) is 7.10. The lowest BCUT2D eigenvalue weighted by molar-refractivity contribution is 0.161. The molecule has 1 fully saturated rings. The maximum Gasteiger partial charge on any atom is 0.117 e. The molecule has 1 saturated heterocycles. The number of benzene rings is 1. The molecule has 24 heavy (non-hydrogen) atoms. The fourth-order valence-corrected chi connectivity index (χ4v) is 4.14. The predicted octanol–water partition coefficient (Wildman–Crippen LogP) is 4.08. The lowest BCUT2D eigenvalue weighted by Crippen LogP contribution is -2.39. The first kappa shape index (κ1) is 15.5. The third-order valence-electron chi connectivity index (χ3n) is 5.40. The first-order valence-corrected chi connectivity index (χ1v) is 8.96. The van der Waals surface area contributed by atoms with Crippen molar-refractivity contribution in [2.45, 2.75) is 45.7 Å². The fourth-order valence-electron chi connectivity index (χ4n) is 4.14. The zero-order valence-electron chi connectivity index (χ0n) is 14.5. The van der Waals surface area contributed by atoms with Crippen molar-refractivity contribution in [3.8, 4) is 5.75 Å². The number of likely N-dealkylation sites (tertiary alicyclic amines) is 1. The van der Waals surface area contributed by atoms with Crippen LogP contribution in [0.15, 0.2) is 30.5 Å². The number of nitrogens with zero attached hydrogens (tertiary/aromatic N) is 3. The maximum absolute atomic E-state index is 9.99. The van der Waals surface area contributed by atoms with Gasteiger partial charge in [-0.3, -0.25) is 9.88 Å². The van der Waals surface area contributed by atoms with Crippen molar-refractivity contribution in [2.24, 2.45) is 0 Å². The van der Waals surface area contributed by atoms with Crippen molar-refractivity contribution in [2.75, 3.05) is 13.1 Å². The molecule has 1 atom stereocenters. The van der Waals surface area contributed by atoms with Crippen molar-refractivity contribution >= 4 is 21.8 Å². The minimum absolute atomic E-state index is 0.322. The van der Waals surface area contributed by atoms with E-state index in [1.54, 1.807) is 6.07 Å². The normalized spacial score (nSPS) is 17.6. The summed E-state index contributed by atoms with van der Waals surface area (Å²) < 4.78 is 2.35. The number of piperidine rings is 1. The van der Waals surface area contributed by atoms with E-state index in [1.165, 1.54) is 48.6 Å². The summed E-state index contributed by atoms with van der Waals surface area (Å²) in [7, 11) is 0. The Morgan fingerprint density at radius 3 is 2.71 bits per heavy atom. The molecule has 0 amide bonds. The van der Waals surface area contributed by atoms with E-state index in [2.05, 4.69) is 34.4 Å². The van der Waals surface area contributed by atoms with Gasteiger partial charge in [0.2, 0.25) is 0 Å². The molecule has 4 nitrogen and oxygen atoms in total. The van der Waals surface area contributed by atoms with Gasteiger partial charge in [0.1, 0.15) is 5.75 Å². The molecular weight excluding hydrogens is 298 g/mol. The molecular formula is C20H25N3O. The molecule has 0 saturated carbocycles. The Morgan fingerprint density at radius 1 is 1.12 bits per heavy atom. The minimum atomic E-state index is 0.322. The SMILES string of the molecule is Cc1nccc2c3ccc(O)cc3n(CC(C)N3CCCCC3)c12. The number of hydrogen-bond donors (Lipinski definition) is 1. The van der Waals surface area contributed by atoms with Crippen LogP contribution in [-0.2, 0) is 6.54 Å². The molecule has 0 aliphatic carbocycles. The summed E-state index contributed by atoms with van der Waals surface area (Å²) in [5, 5.41) is 12.4. The predicted molar refractivity (Wildman–Crippen MR) is 98.5 cm³/mol. The van der Waals surface area contributed by atoms with Crippen LogP contribution in [0.25, 0.3) is 21.8 Å². The van der Waals surface area contributed by atoms with Crippen LogP contribution in [0.5, 0.6) is 5.75 Å². The highest BCUT2D eigenvalue weighted by Gasteiger charge is 2.20. The Morgan fingerprint density at radius 2 is 1.92 bits per heavy atom. The van der Waals surface area contributed by atoms with E-state index in [4.69, 9.17) is 0 Å². The lowest BCUT2D eigenvalue weighted by atomic mass is 10.1. The van der Waals surface area contributed by atoms with E-state index in [9.17, 15) is 5.11 Å². The third-order valence-corrected chi connectivity index (χ3v) is 5.40. The molecule has 0 bridgehead atoms. The van der Waals surface area contributed by atoms with Crippen LogP contribution in [0.4, 0.5) is 0 Å². The van der Waals surface area contributed by atoms with Gasteiger partial charge < -0.3 is 9.67 Å². The number of pyridine rings is 1. The summed E-state index contributed by atoms with van der Waals surface area (Å²) in [6, 6.07) is 8.25. The maximum atomic E-state index is 9.99. The Hall–Kier alpha value is -2.07. The summed E-state index contributed by atoms with van der Waals surface area (Å²) in [6.45, 7) is 7.71. The molecule has 4 rings (SSSR count). The molecule has 3 heterocycles.